The van der Waals surface area contributed by atoms with Crippen molar-refractivity contribution < 1.29 is 9.90 Å². The standard InChI is InChI=1S/C15H14ClNO2/c1-9-8-12(18)13(16)10(2)14(9)17-15(19)11-6-4-3-5-7-11/h3-8,18H,1-2H3,(H,17,19). The minimum atomic E-state index is -0.200. The first kappa shape index (κ1) is 13.4. The number of hydrogen-bond acceptors (Lipinski definition) is 2. The Bertz CT molecular complexity index is 624. The van der Waals surface area contributed by atoms with E-state index in [9.17, 15) is 9.90 Å². The smallest absolute Gasteiger partial charge is 0.255 e. The molecule has 0 aliphatic carbocycles. The highest BCUT2D eigenvalue weighted by molar-refractivity contribution is 6.33. The van der Waals surface area contributed by atoms with E-state index in [1.54, 1.807) is 31.2 Å². The molecule has 3 nitrogen and oxygen atoms in total. The van der Waals surface area contributed by atoms with Crippen LogP contribution in [0.15, 0.2) is 36.4 Å². The Morgan fingerprint density at radius 2 is 1.84 bits per heavy atom. The van der Waals surface area contributed by atoms with Crippen LogP contribution >= 0.6 is 11.6 Å². The molecule has 0 bridgehead atoms. The molecule has 0 radical (unpaired) electrons. The quantitative estimate of drug-likeness (QED) is 0.816. The third-order valence-corrected chi connectivity index (χ3v) is 3.43. The van der Waals surface area contributed by atoms with Crippen LogP contribution in [0.3, 0.4) is 0 Å². The predicted octanol–water partition coefficient (Wildman–Crippen LogP) is 3.91. The number of nitrogens with one attached hydrogen (secondary N) is 1. The normalized spacial score (nSPS) is 10.3. The zero-order valence-electron chi connectivity index (χ0n) is 10.7. The van der Waals surface area contributed by atoms with Crippen LogP contribution in [0, 0.1) is 13.8 Å². The van der Waals surface area contributed by atoms with Gasteiger partial charge in [-0.3, -0.25) is 4.79 Å². The Balaban J connectivity index is 2.35. The molecule has 0 spiro atoms. The zero-order chi connectivity index (χ0) is 14.0. The van der Waals surface area contributed by atoms with Gasteiger partial charge in [-0.2, -0.15) is 0 Å². The molecule has 2 rings (SSSR count). The number of aromatic hydroxyl groups is 1. The van der Waals surface area contributed by atoms with E-state index in [1.165, 1.54) is 6.07 Å². The molecule has 0 heterocycles. The molecule has 4 heteroatoms. The topological polar surface area (TPSA) is 49.3 Å². The molecule has 0 saturated heterocycles. The van der Waals surface area contributed by atoms with Gasteiger partial charge in [0.05, 0.1) is 5.02 Å². The minimum absolute atomic E-state index is 0.0226. The lowest BCUT2D eigenvalue weighted by Crippen LogP contribution is -2.13. The second kappa shape index (κ2) is 5.33. The van der Waals surface area contributed by atoms with Gasteiger partial charge in [0, 0.05) is 11.3 Å². The van der Waals surface area contributed by atoms with E-state index < -0.39 is 0 Å². The van der Waals surface area contributed by atoms with Gasteiger partial charge in [-0.05, 0) is 43.2 Å². The first-order valence-corrected chi connectivity index (χ1v) is 6.23. The van der Waals surface area contributed by atoms with Crippen molar-refractivity contribution in [2.45, 2.75) is 13.8 Å². The van der Waals surface area contributed by atoms with Gasteiger partial charge in [0.1, 0.15) is 5.75 Å². The lowest BCUT2D eigenvalue weighted by Gasteiger charge is -2.14. The molecule has 19 heavy (non-hydrogen) atoms. The summed E-state index contributed by atoms with van der Waals surface area (Å²) in [5, 5.41) is 12.7. The van der Waals surface area contributed by atoms with Crippen LogP contribution in [-0.2, 0) is 0 Å². The van der Waals surface area contributed by atoms with Crippen molar-refractivity contribution in [2.75, 3.05) is 5.32 Å². The number of carbonyl (C=O) groups is 1. The molecule has 0 fully saturated rings. The van der Waals surface area contributed by atoms with Gasteiger partial charge < -0.3 is 10.4 Å². The second-order valence-corrected chi connectivity index (χ2v) is 4.72. The molecule has 2 aromatic rings. The highest BCUT2D eigenvalue weighted by Gasteiger charge is 2.14. The Kier molecular flexibility index (Phi) is 3.76. The molecule has 98 valence electrons. The molecule has 0 unspecified atom stereocenters. The lowest BCUT2D eigenvalue weighted by molar-refractivity contribution is 0.102. The van der Waals surface area contributed by atoms with E-state index in [4.69, 9.17) is 11.6 Å². The fourth-order valence-electron chi connectivity index (χ4n) is 1.91. The van der Waals surface area contributed by atoms with Crippen molar-refractivity contribution in [1.29, 1.82) is 0 Å². The maximum Gasteiger partial charge on any atom is 0.255 e. The van der Waals surface area contributed by atoms with E-state index in [1.807, 2.05) is 13.0 Å². The molecule has 0 aliphatic heterocycles. The van der Waals surface area contributed by atoms with Crippen LogP contribution in [-0.4, -0.2) is 11.0 Å². The van der Waals surface area contributed by atoms with Crippen LogP contribution in [0.2, 0.25) is 5.02 Å². The van der Waals surface area contributed by atoms with Crippen molar-refractivity contribution in [3.63, 3.8) is 0 Å². The maximum absolute atomic E-state index is 12.1. The van der Waals surface area contributed by atoms with E-state index >= 15 is 0 Å². The number of hydrogen-bond donors (Lipinski definition) is 2. The molecule has 2 aromatic carbocycles. The SMILES string of the molecule is Cc1cc(O)c(Cl)c(C)c1NC(=O)c1ccccc1. The fourth-order valence-corrected chi connectivity index (χ4v) is 2.05. The maximum atomic E-state index is 12.1. The molecular weight excluding hydrogens is 262 g/mol. The first-order valence-electron chi connectivity index (χ1n) is 5.85. The highest BCUT2D eigenvalue weighted by Crippen LogP contribution is 2.35. The van der Waals surface area contributed by atoms with Gasteiger partial charge in [0.15, 0.2) is 0 Å². The molecule has 1 amide bonds. The average Bonchev–Trinajstić information content (AvgIpc) is 2.42. The van der Waals surface area contributed by atoms with E-state index in [0.717, 1.165) is 5.56 Å². The fraction of sp³-hybridized carbons (Fsp3) is 0.133. The van der Waals surface area contributed by atoms with Crippen molar-refractivity contribution in [2.24, 2.45) is 0 Å². The molecule has 0 aromatic heterocycles. The summed E-state index contributed by atoms with van der Waals surface area (Å²) >= 11 is 5.98. The summed E-state index contributed by atoms with van der Waals surface area (Å²) in [5.74, 6) is -0.178. The van der Waals surface area contributed by atoms with Gasteiger partial charge in [-0.1, -0.05) is 29.8 Å². The Morgan fingerprint density at radius 1 is 1.21 bits per heavy atom. The molecule has 0 aliphatic rings. The van der Waals surface area contributed by atoms with E-state index in [0.29, 0.717) is 16.8 Å². The Labute approximate surface area is 116 Å². The summed E-state index contributed by atoms with van der Waals surface area (Å²) < 4.78 is 0. The monoisotopic (exact) mass is 275 g/mol. The van der Waals surface area contributed by atoms with Crippen LogP contribution in [0.25, 0.3) is 0 Å². The number of benzene rings is 2. The van der Waals surface area contributed by atoms with Crippen molar-refractivity contribution >= 4 is 23.2 Å². The third-order valence-electron chi connectivity index (χ3n) is 2.95. The van der Waals surface area contributed by atoms with Crippen LogP contribution in [0.5, 0.6) is 5.75 Å². The molecular formula is C15H14ClNO2. The van der Waals surface area contributed by atoms with Gasteiger partial charge in [0.2, 0.25) is 0 Å². The average molecular weight is 276 g/mol. The summed E-state index contributed by atoms with van der Waals surface area (Å²) in [6, 6.07) is 10.5. The Morgan fingerprint density at radius 3 is 2.47 bits per heavy atom. The largest absolute Gasteiger partial charge is 0.506 e. The molecule has 0 saturated carbocycles. The summed E-state index contributed by atoms with van der Waals surface area (Å²) in [4.78, 5) is 12.1. The summed E-state index contributed by atoms with van der Waals surface area (Å²) in [5.41, 5.74) is 2.63. The summed E-state index contributed by atoms with van der Waals surface area (Å²) in [7, 11) is 0. The number of aryl methyl sites for hydroxylation is 1. The van der Waals surface area contributed by atoms with E-state index in [-0.39, 0.29) is 16.7 Å². The summed E-state index contributed by atoms with van der Waals surface area (Å²) in [6.45, 7) is 3.57. The zero-order valence-corrected chi connectivity index (χ0v) is 11.5. The molecule has 0 atom stereocenters. The predicted molar refractivity (Wildman–Crippen MR) is 77.0 cm³/mol. The number of phenolic OH excluding ortho intramolecular Hbond substituents is 1. The number of phenols is 1. The van der Waals surface area contributed by atoms with Crippen LogP contribution < -0.4 is 5.32 Å². The van der Waals surface area contributed by atoms with Crippen LogP contribution in [0.4, 0.5) is 5.69 Å². The van der Waals surface area contributed by atoms with Crippen LogP contribution in [0.1, 0.15) is 21.5 Å². The highest BCUT2D eigenvalue weighted by atomic mass is 35.5. The molecule has 2 N–H and O–H groups in total. The Hall–Kier alpha value is -2.00. The third kappa shape index (κ3) is 2.71. The van der Waals surface area contributed by atoms with Crippen molar-refractivity contribution in [3.05, 3.63) is 58.1 Å². The number of halogens is 1. The van der Waals surface area contributed by atoms with E-state index in [2.05, 4.69) is 5.32 Å². The van der Waals surface area contributed by atoms with Gasteiger partial charge in [0.25, 0.3) is 5.91 Å². The summed E-state index contributed by atoms with van der Waals surface area (Å²) in [6.07, 6.45) is 0. The van der Waals surface area contributed by atoms with Gasteiger partial charge in [-0.25, -0.2) is 0 Å². The second-order valence-electron chi connectivity index (χ2n) is 4.35. The van der Waals surface area contributed by atoms with Crippen molar-refractivity contribution in [3.8, 4) is 5.75 Å². The van der Waals surface area contributed by atoms with Crippen molar-refractivity contribution in [1.82, 2.24) is 0 Å². The first-order chi connectivity index (χ1) is 9.00. The minimum Gasteiger partial charge on any atom is -0.506 e. The van der Waals surface area contributed by atoms with Gasteiger partial charge in [-0.15, -0.1) is 0 Å². The number of rotatable bonds is 2. The number of anilines is 1. The number of amides is 1. The lowest BCUT2D eigenvalue weighted by atomic mass is 10.1. The number of carbonyl (C=O) groups excluding carboxylic acids is 1. The van der Waals surface area contributed by atoms with Gasteiger partial charge >= 0.3 is 0 Å².